The highest BCUT2D eigenvalue weighted by Gasteiger charge is 2.26. The molecule has 2 heteroatoms. The molecule has 0 N–H and O–H groups in total. The Morgan fingerprint density at radius 1 is 1.40 bits per heavy atom. The molecule has 0 bridgehead atoms. The SMILES string of the molecule is Cc1ccc(C(C=O)C2CCOC2)cc1. The van der Waals surface area contributed by atoms with E-state index in [0.29, 0.717) is 5.92 Å². The number of hydrogen-bond acceptors (Lipinski definition) is 2. The van der Waals surface area contributed by atoms with Crippen molar-refractivity contribution in [1.29, 1.82) is 0 Å². The summed E-state index contributed by atoms with van der Waals surface area (Å²) in [6.07, 6.45) is 2.06. The molecule has 15 heavy (non-hydrogen) atoms. The average molecular weight is 204 g/mol. The van der Waals surface area contributed by atoms with Crippen molar-refractivity contribution in [3.63, 3.8) is 0 Å². The van der Waals surface area contributed by atoms with E-state index in [2.05, 4.69) is 19.1 Å². The fourth-order valence-corrected chi connectivity index (χ4v) is 2.09. The van der Waals surface area contributed by atoms with E-state index in [1.54, 1.807) is 0 Å². The van der Waals surface area contributed by atoms with Crippen LogP contribution in [0.5, 0.6) is 0 Å². The Hall–Kier alpha value is -1.15. The number of carbonyl (C=O) groups excluding carboxylic acids is 1. The van der Waals surface area contributed by atoms with Crippen molar-refractivity contribution in [2.45, 2.75) is 19.3 Å². The van der Waals surface area contributed by atoms with Gasteiger partial charge in [0.25, 0.3) is 0 Å². The summed E-state index contributed by atoms with van der Waals surface area (Å²) >= 11 is 0. The summed E-state index contributed by atoms with van der Waals surface area (Å²) in [5, 5.41) is 0. The quantitative estimate of drug-likeness (QED) is 0.706. The van der Waals surface area contributed by atoms with Crippen LogP contribution in [0.2, 0.25) is 0 Å². The van der Waals surface area contributed by atoms with E-state index in [1.807, 2.05) is 12.1 Å². The maximum absolute atomic E-state index is 11.1. The van der Waals surface area contributed by atoms with E-state index in [0.717, 1.165) is 31.5 Å². The summed E-state index contributed by atoms with van der Waals surface area (Å²) < 4.78 is 5.33. The lowest BCUT2D eigenvalue weighted by Crippen LogP contribution is -2.14. The van der Waals surface area contributed by atoms with Gasteiger partial charge in [0.2, 0.25) is 0 Å². The van der Waals surface area contributed by atoms with Crippen LogP contribution in [-0.2, 0) is 9.53 Å². The average Bonchev–Trinajstić information content (AvgIpc) is 2.75. The van der Waals surface area contributed by atoms with Gasteiger partial charge in [-0.15, -0.1) is 0 Å². The van der Waals surface area contributed by atoms with Gasteiger partial charge in [0.1, 0.15) is 6.29 Å². The third-order valence-corrected chi connectivity index (χ3v) is 3.08. The molecule has 1 saturated heterocycles. The number of aryl methyl sites for hydroxylation is 1. The van der Waals surface area contributed by atoms with Crippen LogP contribution in [0.1, 0.15) is 23.5 Å². The van der Waals surface area contributed by atoms with Gasteiger partial charge >= 0.3 is 0 Å². The highest BCUT2D eigenvalue weighted by Crippen LogP contribution is 2.29. The van der Waals surface area contributed by atoms with Gasteiger partial charge in [0.05, 0.1) is 6.61 Å². The number of benzene rings is 1. The van der Waals surface area contributed by atoms with Crippen LogP contribution in [0.25, 0.3) is 0 Å². The highest BCUT2D eigenvalue weighted by molar-refractivity contribution is 5.62. The smallest absolute Gasteiger partial charge is 0.127 e. The van der Waals surface area contributed by atoms with Crippen LogP contribution < -0.4 is 0 Å². The van der Waals surface area contributed by atoms with Crippen LogP contribution in [0.4, 0.5) is 0 Å². The Bertz CT molecular complexity index is 323. The first-order valence-corrected chi connectivity index (χ1v) is 5.41. The van der Waals surface area contributed by atoms with Gasteiger partial charge in [-0.3, -0.25) is 0 Å². The number of carbonyl (C=O) groups is 1. The number of aldehydes is 1. The highest BCUT2D eigenvalue weighted by atomic mass is 16.5. The molecule has 1 aromatic carbocycles. The second-order valence-corrected chi connectivity index (χ2v) is 4.20. The molecular formula is C13H16O2. The fraction of sp³-hybridized carbons (Fsp3) is 0.462. The van der Waals surface area contributed by atoms with E-state index in [1.165, 1.54) is 5.56 Å². The van der Waals surface area contributed by atoms with Gasteiger partial charge in [-0.25, -0.2) is 0 Å². The molecule has 1 heterocycles. The Balaban J connectivity index is 2.18. The molecule has 2 rings (SSSR count). The monoisotopic (exact) mass is 204 g/mol. The Morgan fingerprint density at radius 2 is 2.13 bits per heavy atom. The first kappa shape index (κ1) is 10.4. The third-order valence-electron chi connectivity index (χ3n) is 3.08. The molecule has 0 aliphatic carbocycles. The molecule has 1 aliphatic heterocycles. The van der Waals surface area contributed by atoms with Crippen molar-refractivity contribution in [3.8, 4) is 0 Å². The second kappa shape index (κ2) is 4.58. The minimum absolute atomic E-state index is 0.00750. The maximum atomic E-state index is 11.1. The molecule has 0 saturated carbocycles. The van der Waals surface area contributed by atoms with Crippen molar-refractivity contribution in [1.82, 2.24) is 0 Å². The number of rotatable bonds is 3. The zero-order valence-electron chi connectivity index (χ0n) is 8.98. The Morgan fingerprint density at radius 3 is 2.67 bits per heavy atom. The Kier molecular flexibility index (Phi) is 3.17. The molecule has 2 nitrogen and oxygen atoms in total. The number of ether oxygens (including phenoxy) is 1. The molecule has 80 valence electrons. The Labute approximate surface area is 90.3 Å². The second-order valence-electron chi connectivity index (χ2n) is 4.20. The molecule has 0 amide bonds. The lowest BCUT2D eigenvalue weighted by molar-refractivity contribution is -0.110. The van der Waals surface area contributed by atoms with Crippen molar-refractivity contribution in [2.24, 2.45) is 5.92 Å². The van der Waals surface area contributed by atoms with E-state index < -0.39 is 0 Å². The van der Waals surface area contributed by atoms with Gasteiger partial charge in [-0.1, -0.05) is 29.8 Å². The number of hydrogen-bond donors (Lipinski definition) is 0. The normalized spacial score (nSPS) is 22.6. The predicted octanol–water partition coefficient (Wildman–Crippen LogP) is 2.31. The fourth-order valence-electron chi connectivity index (χ4n) is 2.09. The van der Waals surface area contributed by atoms with E-state index in [-0.39, 0.29) is 5.92 Å². The van der Waals surface area contributed by atoms with Crippen molar-refractivity contribution in [2.75, 3.05) is 13.2 Å². The van der Waals surface area contributed by atoms with Crippen molar-refractivity contribution >= 4 is 6.29 Å². The third kappa shape index (κ3) is 2.26. The van der Waals surface area contributed by atoms with Crippen LogP contribution in [0.3, 0.4) is 0 Å². The van der Waals surface area contributed by atoms with Crippen LogP contribution >= 0.6 is 0 Å². The largest absolute Gasteiger partial charge is 0.381 e. The topological polar surface area (TPSA) is 26.3 Å². The van der Waals surface area contributed by atoms with Crippen LogP contribution in [0, 0.1) is 12.8 Å². The van der Waals surface area contributed by atoms with Gasteiger partial charge < -0.3 is 9.53 Å². The van der Waals surface area contributed by atoms with Crippen LogP contribution in [-0.4, -0.2) is 19.5 Å². The lowest BCUT2D eigenvalue weighted by Gasteiger charge is -2.16. The molecule has 0 aromatic heterocycles. The minimum Gasteiger partial charge on any atom is -0.381 e. The molecule has 1 fully saturated rings. The summed E-state index contributed by atoms with van der Waals surface area (Å²) in [5.41, 5.74) is 2.34. The molecule has 2 atom stereocenters. The molecular weight excluding hydrogens is 188 g/mol. The molecule has 0 radical (unpaired) electrons. The zero-order chi connectivity index (χ0) is 10.7. The van der Waals surface area contributed by atoms with E-state index in [4.69, 9.17) is 4.74 Å². The van der Waals surface area contributed by atoms with Crippen molar-refractivity contribution < 1.29 is 9.53 Å². The molecule has 0 spiro atoms. The van der Waals surface area contributed by atoms with Crippen LogP contribution in [0.15, 0.2) is 24.3 Å². The van der Waals surface area contributed by atoms with Crippen molar-refractivity contribution in [3.05, 3.63) is 35.4 Å². The first-order valence-electron chi connectivity index (χ1n) is 5.41. The van der Waals surface area contributed by atoms with Gasteiger partial charge in [0.15, 0.2) is 0 Å². The zero-order valence-corrected chi connectivity index (χ0v) is 8.98. The summed E-state index contributed by atoms with van der Waals surface area (Å²) in [7, 11) is 0. The molecule has 1 aromatic rings. The summed E-state index contributed by atoms with van der Waals surface area (Å²) in [4.78, 5) is 11.1. The predicted molar refractivity (Wildman–Crippen MR) is 58.9 cm³/mol. The van der Waals surface area contributed by atoms with Gasteiger partial charge in [0, 0.05) is 12.5 Å². The molecule has 1 aliphatic rings. The maximum Gasteiger partial charge on any atom is 0.127 e. The van der Waals surface area contributed by atoms with Gasteiger partial charge in [-0.05, 0) is 24.8 Å². The van der Waals surface area contributed by atoms with Gasteiger partial charge in [-0.2, -0.15) is 0 Å². The van der Waals surface area contributed by atoms with E-state index >= 15 is 0 Å². The summed E-state index contributed by atoms with van der Waals surface area (Å²) in [6, 6.07) is 8.21. The summed E-state index contributed by atoms with van der Waals surface area (Å²) in [5.74, 6) is 0.373. The standard InChI is InChI=1S/C13H16O2/c1-10-2-4-11(5-3-10)13(8-14)12-6-7-15-9-12/h2-5,8,12-13H,6-7,9H2,1H3. The van der Waals surface area contributed by atoms with E-state index in [9.17, 15) is 4.79 Å². The first-order chi connectivity index (χ1) is 7.31. The lowest BCUT2D eigenvalue weighted by atomic mass is 9.86. The summed E-state index contributed by atoms with van der Waals surface area (Å²) in [6.45, 7) is 3.57. The minimum atomic E-state index is 0.00750. The molecule has 2 unspecified atom stereocenters.